The van der Waals surface area contributed by atoms with Crippen molar-refractivity contribution in [1.29, 1.82) is 0 Å². The highest BCUT2D eigenvalue weighted by Crippen LogP contribution is 2.32. The molecule has 1 atom stereocenters. The van der Waals surface area contributed by atoms with Crippen LogP contribution >= 0.6 is 35.0 Å². The quantitative estimate of drug-likeness (QED) is 0.814. The van der Waals surface area contributed by atoms with Crippen molar-refractivity contribution in [2.45, 2.75) is 12.2 Å². The molecule has 5 heteroatoms. The van der Waals surface area contributed by atoms with E-state index in [1.165, 1.54) is 0 Å². The van der Waals surface area contributed by atoms with Gasteiger partial charge in [0.15, 0.2) is 0 Å². The van der Waals surface area contributed by atoms with Gasteiger partial charge < -0.3 is 11.1 Å². The van der Waals surface area contributed by atoms with E-state index in [0.717, 1.165) is 12.2 Å². The molecular weight excluding hydrogens is 251 g/mol. The molecule has 1 aromatic rings. The Labute approximate surface area is 105 Å². The van der Waals surface area contributed by atoms with Gasteiger partial charge in [-0.25, -0.2) is 0 Å². The number of hydrogen-bond acceptors (Lipinski definition) is 3. The van der Waals surface area contributed by atoms with Crippen molar-refractivity contribution in [2.24, 2.45) is 0 Å². The van der Waals surface area contributed by atoms with Gasteiger partial charge in [-0.1, -0.05) is 30.1 Å². The molecule has 84 valence electrons. The van der Waals surface area contributed by atoms with E-state index in [-0.39, 0.29) is 0 Å². The van der Waals surface area contributed by atoms with Gasteiger partial charge in [0.2, 0.25) is 0 Å². The number of benzene rings is 1. The summed E-state index contributed by atoms with van der Waals surface area (Å²) in [4.78, 5) is 0. The molecule has 1 rings (SSSR count). The molecule has 2 nitrogen and oxygen atoms in total. The van der Waals surface area contributed by atoms with Crippen LogP contribution in [0, 0.1) is 0 Å². The summed E-state index contributed by atoms with van der Waals surface area (Å²) >= 11 is 13.8. The molecule has 0 fully saturated rings. The molecule has 0 amide bonds. The summed E-state index contributed by atoms with van der Waals surface area (Å²) in [7, 11) is 0. The Kier molecular flexibility index (Phi) is 4.90. The number of thioether (sulfide) groups is 1. The molecule has 0 saturated carbocycles. The van der Waals surface area contributed by atoms with Gasteiger partial charge in [0.1, 0.15) is 0 Å². The molecule has 0 bridgehead atoms. The molecule has 15 heavy (non-hydrogen) atoms. The second-order valence-corrected chi connectivity index (χ2v) is 5.38. The third-order valence-corrected chi connectivity index (χ3v) is 3.60. The number of nitrogens with two attached hydrogens (primary N) is 1. The van der Waals surface area contributed by atoms with Crippen molar-refractivity contribution in [3.8, 4) is 0 Å². The van der Waals surface area contributed by atoms with E-state index < -0.39 is 0 Å². The van der Waals surface area contributed by atoms with Gasteiger partial charge >= 0.3 is 0 Å². The van der Waals surface area contributed by atoms with Crippen LogP contribution in [-0.4, -0.2) is 18.1 Å². The maximum absolute atomic E-state index is 6.03. The van der Waals surface area contributed by atoms with E-state index in [1.807, 2.05) is 0 Å². The van der Waals surface area contributed by atoms with Crippen molar-refractivity contribution in [3.05, 3.63) is 22.2 Å². The van der Waals surface area contributed by atoms with Crippen LogP contribution in [0.4, 0.5) is 11.4 Å². The SMILES string of the molecule is CSC(C)CNc1c(Cl)cc(N)cc1Cl. The molecule has 0 aliphatic heterocycles. The molecule has 0 aliphatic carbocycles. The van der Waals surface area contributed by atoms with E-state index >= 15 is 0 Å². The second-order valence-electron chi connectivity index (χ2n) is 3.29. The third kappa shape index (κ3) is 3.67. The molecule has 1 aromatic carbocycles. The topological polar surface area (TPSA) is 38.0 Å². The van der Waals surface area contributed by atoms with Gasteiger partial charge in [0, 0.05) is 17.5 Å². The molecular formula is C10H14Cl2N2S. The van der Waals surface area contributed by atoms with E-state index in [1.54, 1.807) is 23.9 Å². The predicted octanol–water partition coefficient (Wildman–Crippen LogP) is 3.74. The number of rotatable bonds is 4. The van der Waals surface area contributed by atoms with E-state index in [9.17, 15) is 0 Å². The van der Waals surface area contributed by atoms with Crippen molar-refractivity contribution in [1.82, 2.24) is 0 Å². The minimum absolute atomic E-state index is 0.509. The first-order valence-corrected chi connectivity index (χ1v) is 6.60. The Balaban J connectivity index is 2.77. The highest BCUT2D eigenvalue weighted by atomic mass is 35.5. The average Bonchev–Trinajstić information content (AvgIpc) is 2.15. The lowest BCUT2D eigenvalue weighted by atomic mass is 10.2. The third-order valence-electron chi connectivity index (χ3n) is 2.03. The second kappa shape index (κ2) is 5.73. The van der Waals surface area contributed by atoms with Crippen LogP contribution in [0.3, 0.4) is 0 Å². The Morgan fingerprint density at radius 1 is 1.40 bits per heavy atom. The summed E-state index contributed by atoms with van der Waals surface area (Å²) in [5.74, 6) is 0. The number of hydrogen-bond donors (Lipinski definition) is 2. The molecule has 3 N–H and O–H groups in total. The smallest absolute Gasteiger partial charge is 0.0720 e. The lowest BCUT2D eigenvalue weighted by molar-refractivity contribution is 1.00. The van der Waals surface area contributed by atoms with Gasteiger partial charge in [0.25, 0.3) is 0 Å². The van der Waals surface area contributed by atoms with Crippen molar-refractivity contribution in [3.63, 3.8) is 0 Å². The Hall–Kier alpha value is -0.250. The largest absolute Gasteiger partial charge is 0.399 e. The van der Waals surface area contributed by atoms with Crippen LogP contribution < -0.4 is 11.1 Å². The van der Waals surface area contributed by atoms with Crippen LogP contribution in [0.25, 0.3) is 0 Å². The summed E-state index contributed by atoms with van der Waals surface area (Å²) in [5, 5.41) is 4.85. The van der Waals surface area contributed by atoms with Crippen LogP contribution in [0.2, 0.25) is 10.0 Å². The van der Waals surface area contributed by atoms with E-state index in [2.05, 4.69) is 18.5 Å². The van der Waals surface area contributed by atoms with Gasteiger partial charge in [-0.05, 0) is 18.4 Å². The number of nitrogens with one attached hydrogen (secondary N) is 1. The molecule has 0 aromatic heterocycles. The fourth-order valence-corrected chi connectivity index (χ4v) is 1.98. The van der Waals surface area contributed by atoms with Crippen LogP contribution in [0.15, 0.2) is 12.1 Å². The summed E-state index contributed by atoms with van der Waals surface area (Å²) in [6, 6.07) is 3.39. The van der Waals surface area contributed by atoms with Crippen LogP contribution in [0.1, 0.15) is 6.92 Å². The van der Waals surface area contributed by atoms with Gasteiger partial charge in [-0.15, -0.1) is 0 Å². The Bertz CT molecular complexity index is 321. The lowest BCUT2D eigenvalue weighted by Crippen LogP contribution is -2.13. The number of halogens is 2. The highest BCUT2D eigenvalue weighted by molar-refractivity contribution is 7.99. The zero-order valence-corrected chi connectivity index (χ0v) is 11.0. The summed E-state index contributed by atoms with van der Waals surface area (Å²) in [6.45, 7) is 2.96. The zero-order valence-electron chi connectivity index (χ0n) is 8.68. The molecule has 0 radical (unpaired) electrons. The molecule has 0 aliphatic rings. The summed E-state index contributed by atoms with van der Waals surface area (Å²) in [5.41, 5.74) is 6.94. The zero-order chi connectivity index (χ0) is 11.4. The number of nitrogen functional groups attached to an aromatic ring is 1. The molecule has 1 unspecified atom stereocenters. The predicted molar refractivity (Wildman–Crippen MR) is 72.3 cm³/mol. The minimum Gasteiger partial charge on any atom is -0.399 e. The monoisotopic (exact) mass is 264 g/mol. The number of anilines is 2. The van der Waals surface area contributed by atoms with Crippen molar-refractivity contribution in [2.75, 3.05) is 23.9 Å². The first kappa shape index (κ1) is 12.8. The first-order chi connectivity index (χ1) is 7.04. The van der Waals surface area contributed by atoms with E-state index in [4.69, 9.17) is 28.9 Å². The van der Waals surface area contributed by atoms with Crippen molar-refractivity contribution >= 4 is 46.3 Å². The van der Waals surface area contributed by atoms with Gasteiger partial charge in [0.05, 0.1) is 15.7 Å². The van der Waals surface area contributed by atoms with Crippen molar-refractivity contribution < 1.29 is 0 Å². The molecule has 0 saturated heterocycles. The molecule has 0 spiro atoms. The fourth-order valence-electron chi connectivity index (χ4n) is 1.09. The standard InChI is InChI=1S/C10H14Cl2N2S/c1-6(15-2)5-14-10-8(11)3-7(13)4-9(10)12/h3-4,6,14H,5,13H2,1-2H3. The Morgan fingerprint density at radius 3 is 2.40 bits per heavy atom. The van der Waals surface area contributed by atoms with Gasteiger partial charge in [-0.2, -0.15) is 11.8 Å². The summed E-state index contributed by atoms with van der Waals surface area (Å²) in [6.07, 6.45) is 2.07. The van der Waals surface area contributed by atoms with Crippen LogP contribution in [-0.2, 0) is 0 Å². The van der Waals surface area contributed by atoms with Gasteiger partial charge in [-0.3, -0.25) is 0 Å². The van der Waals surface area contributed by atoms with Crippen LogP contribution in [0.5, 0.6) is 0 Å². The Morgan fingerprint density at radius 2 is 1.93 bits per heavy atom. The van der Waals surface area contributed by atoms with E-state index in [0.29, 0.717) is 21.0 Å². The average molecular weight is 265 g/mol. The maximum Gasteiger partial charge on any atom is 0.0720 e. The maximum atomic E-state index is 6.03. The summed E-state index contributed by atoms with van der Waals surface area (Å²) < 4.78 is 0. The lowest BCUT2D eigenvalue weighted by Gasteiger charge is -2.14. The minimum atomic E-state index is 0.509. The first-order valence-electron chi connectivity index (χ1n) is 4.55. The highest BCUT2D eigenvalue weighted by Gasteiger charge is 2.08. The normalized spacial score (nSPS) is 12.5. The fraction of sp³-hybridized carbons (Fsp3) is 0.400. The molecule has 0 heterocycles.